The molecule has 26 heavy (non-hydrogen) atoms. The predicted molar refractivity (Wildman–Crippen MR) is 102 cm³/mol. The number of aromatic nitrogens is 2. The fraction of sp³-hybridized carbons (Fsp3) is 0. The van der Waals surface area contributed by atoms with E-state index in [4.69, 9.17) is 20.4 Å². The molecule has 0 saturated heterocycles. The van der Waals surface area contributed by atoms with Crippen molar-refractivity contribution < 1.29 is 8.83 Å². The summed E-state index contributed by atoms with van der Waals surface area (Å²) in [6.45, 7) is 0. The summed E-state index contributed by atoms with van der Waals surface area (Å²) in [4.78, 5) is 21.8. The van der Waals surface area contributed by atoms with Crippen LogP contribution in [0.2, 0.25) is 5.02 Å². The molecule has 126 valence electrons. The standard InChI is InChI=1S/C19H9ClN2O3S/c20-11-5-3-10(4-6-11)12-8-13(14-2-1-7-24-14)22-18-15(12)16-17(26-18)19(23)25-9-21-16/h1-9H. The van der Waals surface area contributed by atoms with Crippen LogP contribution in [0, 0.1) is 0 Å². The van der Waals surface area contributed by atoms with Gasteiger partial charge in [-0.1, -0.05) is 23.7 Å². The van der Waals surface area contributed by atoms with E-state index >= 15 is 0 Å². The molecule has 0 bridgehead atoms. The van der Waals surface area contributed by atoms with Crippen LogP contribution in [0.25, 0.3) is 43.0 Å². The quantitative estimate of drug-likeness (QED) is 0.411. The van der Waals surface area contributed by atoms with Crippen LogP contribution in [0.1, 0.15) is 0 Å². The summed E-state index contributed by atoms with van der Waals surface area (Å²) in [5.41, 5.74) is 2.71. The Morgan fingerprint density at radius 2 is 1.92 bits per heavy atom. The average molecular weight is 381 g/mol. The number of benzene rings is 1. The van der Waals surface area contributed by atoms with Gasteiger partial charge in [-0.25, -0.2) is 14.8 Å². The Balaban J connectivity index is 1.93. The molecule has 4 heterocycles. The molecule has 5 rings (SSSR count). The maximum absolute atomic E-state index is 12.1. The molecule has 0 unspecified atom stereocenters. The van der Waals surface area contributed by atoms with Gasteiger partial charge in [0, 0.05) is 10.4 Å². The molecule has 1 aromatic carbocycles. The number of fused-ring (bicyclic) bond motifs is 3. The van der Waals surface area contributed by atoms with Crippen molar-refractivity contribution in [1.82, 2.24) is 9.97 Å². The lowest BCUT2D eigenvalue weighted by Gasteiger charge is -2.07. The Kier molecular flexibility index (Phi) is 3.41. The highest BCUT2D eigenvalue weighted by atomic mass is 35.5. The van der Waals surface area contributed by atoms with Gasteiger partial charge in [0.2, 0.25) is 0 Å². The molecule has 0 atom stereocenters. The van der Waals surface area contributed by atoms with Gasteiger partial charge >= 0.3 is 5.63 Å². The molecule has 0 aliphatic heterocycles. The Morgan fingerprint density at radius 3 is 2.69 bits per heavy atom. The molecule has 7 heteroatoms. The average Bonchev–Trinajstić information content (AvgIpc) is 3.30. The number of nitrogens with zero attached hydrogens (tertiary/aromatic N) is 2. The third-order valence-corrected chi connectivity index (χ3v) is 5.40. The highest BCUT2D eigenvalue weighted by molar-refractivity contribution is 7.25. The molecule has 0 aliphatic rings. The maximum Gasteiger partial charge on any atom is 0.356 e. The van der Waals surface area contributed by atoms with Crippen molar-refractivity contribution in [3.8, 4) is 22.6 Å². The van der Waals surface area contributed by atoms with E-state index in [0.29, 0.717) is 31.5 Å². The number of furan rings is 1. The molecule has 0 radical (unpaired) electrons. The molecule has 0 saturated carbocycles. The minimum absolute atomic E-state index is 0.417. The van der Waals surface area contributed by atoms with Crippen molar-refractivity contribution in [3.63, 3.8) is 0 Å². The van der Waals surface area contributed by atoms with Gasteiger partial charge in [0.05, 0.1) is 6.26 Å². The summed E-state index contributed by atoms with van der Waals surface area (Å²) in [6.07, 6.45) is 2.77. The highest BCUT2D eigenvalue weighted by Crippen LogP contribution is 2.39. The summed E-state index contributed by atoms with van der Waals surface area (Å²) in [5, 5.41) is 1.47. The number of thiophene rings is 1. The van der Waals surface area contributed by atoms with Gasteiger partial charge in [0.15, 0.2) is 12.2 Å². The van der Waals surface area contributed by atoms with E-state index in [0.717, 1.165) is 16.5 Å². The topological polar surface area (TPSA) is 69.1 Å². The molecular weight excluding hydrogens is 372 g/mol. The van der Waals surface area contributed by atoms with Crippen LogP contribution in [0.4, 0.5) is 0 Å². The minimum atomic E-state index is -0.417. The molecule has 0 spiro atoms. The molecule has 4 aromatic heterocycles. The molecule has 0 fully saturated rings. The molecule has 0 aliphatic carbocycles. The van der Waals surface area contributed by atoms with E-state index < -0.39 is 5.63 Å². The second-order valence-electron chi connectivity index (χ2n) is 5.64. The first-order valence-corrected chi connectivity index (χ1v) is 8.91. The second kappa shape index (κ2) is 5.79. The zero-order chi connectivity index (χ0) is 17.7. The third-order valence-electron chi connectivity index (χ3n) is 4.09. The third kappa shape index (κ3) is 2.34. The van der Waals surface area contributed by atoms with Crippen LogP contribution in [0.5, 0.6) is 0 Å². The van der Waals surface area contributed by atoms with Crippen LogP contribution in [-0.4, -0.2) is 9.97 Å². The van der Waals surface area contributed by atoms with Crippen LogP contribution in [-0.2, 0) is 0 Å². The van der Waals surface area contributed by atoms with Gasteiger partial charge in [-0.05, 0) is 41.5 Å². The van der Waals surface area contributed by atoms with Crippen LogP contribution < -0.4 is 5.63 Å². The first-order chi connectivity index (χ1) is 12.7. The molecule has 5 aromatic rings. The zero-order valence-corrected chi connectivity index (χ0v) is 14.7. The van der Waals surface area contributed by atoms with E-state index in [9.17, 15) is 4.79 Å². The summed E-state index contributed by atoms with van der Waals surface area (Å²) in [7, 11) is 0. The van der Waals surface area contributed by atoms with E-state index in [1.807, 2.05) is 42.5 Å². The largest absolute Gasteiger partial charge is 0.463 e. The fourth-order valence-electron chi connectivity index (χ4n) is 2.93. The number of halogens is 1. The number of pyridine rings is 1. The minimum Gasteiger partial charge on any atom is -0.463 e. The lowest BCUT2D eigenvalue weighted by molar-refractivity contribution is 0.502. The molecule has 0 amide bonds. The smallest absolute Gasteiger partial charge is 0.356 e. The van der Waals surface area contributed by atoms with Crippen molar-refractivity contribution >= 4 is 43.4 Å². The van der Waals surface area contributed by atoms with Crippen molar-refractivity contribution in [3.05, 3.63) is 70.6 Å². The monoisotopic (exact) mass is 380 g/mol. The predicted octanol–water partition coefficient (Wildman–Crippen LogP) is 5.38. The number of hydrogen-bond donors (Lipinski definition) is 0. The van der Waals surface area contributed by atoms with Gasteiger partial charge in [0.25, 0.3) is 0 Å². The molecular formula is C19H9ClN2O3S. The second-order valence-corrected chi connectivity index (χ2v) is 7.07. The fourth-order valence-corrected chi connectivity index (χ4v) is 4.09. The lowest BCUT2D eigenvalue weighted by Crippen LogP contribution is -1.96. The summed E-state index contributed by atoms with van der Waals surface area (Å²) >= 11 is 7.30. The van der Waals surface area contributed by atoms with Crippen molar-refractivity contribution in [1.29, 1.82) is 0 Å². The molecule has 5 nitrogen and oxygen atoms in total. The first kappa shape index (κ1) is 15.3. The van der Waals surface area contributed by atoms with Crippen LogP contribution in [0.3, 0.4) is 0 Å². The van der Waals surface area contributed by atoms with E-state index in [-0.39, 0.29) is 0 Å². The van der Waals surface area contributed by atoms with E-state index in [2.05, 4.69) is 9.97 Å². The Morgan fingerprint density at radius 1 is 1.08 bits per heavy atom. The van der Waals surface area contributed by atoms with Crippen LogP contribution in [0.15, 0.2) is 68.8 Å². The number of rotatable bonds is 2. The first-order valence-electron chi connectivity index (χ1n) is 7.71. The number of hydrogen-bond acceptors (Lipinski definition) is 6. The Bertz CT molecular complexity index is 1300. The SMILES string of the molecule is O=c1ocnc2c1sc1nc(-c3ccco3)cc(-c3ccc(Cl)cc3)c12. The van der Waals surface area contributed by atoms with Gasteiger partial charge in [-0.3, -0.25) is 0 Å². The summed E-state index contributed by atoms with van der Waals surface area (Å²) in [5.74, 6) is 0.652. The van der Waals surface area contributed by atoms with Crippen molar-refractivity contribution in [2.24, 2.45) is 0 Å². The normalized spacial score (nSPS) is 11.4. The van der Waals surface area contributed by atoms with Crippen molar-refractivity contribution in [2.45, 2.75) is 0 Å². The Hall–Kier alpha value is -2.96. The van der Waals surface area contributed by atoms with Gasteiger partial charge < -0.3 is 8.83 Å². The summed E-state index contributed by atoms with van der Waals surface area (Å²) < 4.78 is 10.9. The molecule has 0 N–H and O–H groups in total. The lowest BCUT2D eigenvalue weighted by atomic mass is 10.0. The zero-order valence-electron chi connectivity index (χ0n) is 13.1. The van der Waals surface area contributed by atoms with Gasteiger partial charge in [-0.2, -0.15) is 0 Å². The van der Waals surface area contributed by atoms with Gasteiger partial charge in [-0.15, -0.1) is 11.3 Å². The van der Waals surface area contributed by atoms with Gasteiger partial charge in [0.1, 0.15) is 20.7 Å². The van der Waals surface area contributed by atoms with Crippen LogP contribution >= 0.6 is 22.9 Å². The van der Waals surface area contributed by atoms with E-state index in [1.54, 1.807) is 6.26 Å². The summed E-state index contributed by atoms with van der Waals surface area (Å²) in [6, 6.07) is 13.1. The van der Waals surface area contributed by atoms with E-state index in [1.165, 1.54) is 17.7 Å². The van der Waals surface area contributed by atoms with Crippen molar-refractivity contribution in [2.75, 3.05) is 0 Å². The highest BCUT2D eigenvalue weighted by Gasteiger charge is 2.18. The maximum atomic E-state index is 12.1. The Labute approximate surface area is 155 Å².